The van der Waals surface area contributed by atoms with E-state index in [4.69, 9.17) is 20.1 Å². The number of hydrogen-bond donors (Lipinski definition) is 3. The lowest BCUT2D eigenvalue weighted by molar-refractivity contribution is -0.123. The molecule has 2 aromatic rings. The van der Waals surface area contributed by atoms with Crippen molar-refractivity contribution in [2.45, 2.75) is 12.5 Å². The number of hydrazine groups is 1. The summed E-state index contributed by atoms with van der Waals surface area (Å²) in [5.41, 5.74) is 3.22. The minimum absolute atomic E-state index is 0.257. The van der Waals surface area contributed by atoms with Gasteiger partial charge in [0.25, 0.3) is 11.8 Å². The highest BCUT2D eigenvalue weighted by Crippen LogP contribution is 2.38. The molecule has 1 atom stereocenters. The van der Waals surface area contributed by atoms with Crippen LogP contribution in [0.2, 0.25) is 0 Å². The van der Waals surface area contributed by atoms with Crippen LogP contribution in [-0.2, 0) is 11.2 Å². The number of nitrogens with two attached hydrogens (primary N) is 1. The van der Waals surface area contributed by atoms with Crippen molar-refractivity contribution in [2.75, 3.05) is 21.3 Å². The van der Waals surface area contributed by atoms with Gasteiger partial charge in [0, 0.05) is 12.0 Å². The van der Waals surface area contributed by atoms with Crippen LogP contribution in [0.3, 0.4) is 0 Å². The Kier molecular flexibility index (Phi) is 7.01. The second kappa shape index (κ2) is 9.44. The van der Waals surface area contributed by atoms with E-state index in [2.05, 4.69) is 10.7 Å². The summed E-state index contributed by atoms with van der Waals surface area (Å²) in [5, 5.41) is 2.69. The van der Waals surface area contributed by atoms with Crippen LogP contribution in [0.25, 0.3) is 0 Å². The Morgan fingerprint density at radius 1 is 1.00 bits per heavy atom. The fourth-order valence-corrected chi connectivity index (χ4v) is 2.61. The van der Waals surface area contributed by atoms with Gasteiger partial charge in [-0.25, -0.2) is 5.84 Å². The molecule has 0 bridgehead atoms. The first-order valence-corrected chi connectivity index (χ1v) is 8.19. The van der Waals surface area contributed by atoms with Gasteiger partial charge in [0.15, 0.2) is 11.5 Å². The summed E-state index contributed by atoms with van der Waals surface area (Å²) in [5.74, 6) is 5.34. The van der Waals surface area contributed by atoms with Crippen molar-refractivity contribution in [3.63, 3.8) is 0 Å². The van der Waals surface area contributed by atoms with Gasteiger partial charge < -0.3 is 19.5 Å². The molecule has 2 amide bonds. The molecule has 0 spiro atoms. The van der Waals surface area contributed by atoms with Crippen LogP contribution in [0.15, 0.2) is 42.5 Å². The highest BCUT2D eigenvalue weighted by atomic mass is 16.5. The van der Waals surface area contributed by atoms with Crippen LogP contribution >= 0.6 is 0 Å². The van der Waals surface area contributed by atoms with E-state index in [0.29, 0.717) is 23.7 Å². The van der Waals surface area contributed by atoms with E-state index in [1.807, 2.05) is 30.3 Å². The fourth-order valence-electron chi connectivity index (χ4n) is 2.61. The zero-order valence-corrected chi connectivity index (χ0v) is 15.4. The second-order valence-electron chi connectivity index (χ2n) is 5.64. The highest BCUT2D eigenvalue weighted by molar-refractivity contribution is 5.98. The number of hydrogen-bond acceptors (Lipinski definition) is 6. The minimum atomic E-state index is -0.844. The van der Waals surface area contributed by atoms with Crippen LogP contribution in [0, 0.1) is 0 Å². The molecule has 0 saturated carbocycles. The van der Waals surface area contributed by atoms with E-state index in [1.165, 1.54) is 33.5 Å². The zero-order chi connectivity index (χ0) is 19.8. The number of benzene rings is 2. The summed E-state index contributed by atoms with van der Waals surface area (Å²) < 4.78 is 15.8. The van der Waals surface area contributed by atoms with Crippen LogP contribution in [0.1, 0.15) is 15.9 Å². The lowest BCUT2D eigenvalue weighted by Crippen LogP contribution is -2.50. The summed E-state index contributed by atoms with van der Waals surface area (Å²) in [6, 6.07) is 11.5. The van der Waals surface area contributed by atoms with Crippen LogP contribution in [-0.4, -0.2) is 39.2 Å². The van der Waals surface area contributed by atoms with Crippen molar-refractivity contribution < 1.29 is 23.8 Å². The van der Waals surface area contributed by atoms with Gasteiger partial charge in [0.2, 0.25) is 5.75 Å². The van der Waals surface area contributed by atoms with Crippen molar-refractivity contribution in [2.24, 2.45) is 5.84 Å². The number of methoxy groups -OCH3 is 3. The molecule has 2 rings (SSSR count). The molecule has 0 saturated heterocycles. The molecule has 0 aliphatic heterocycles. The average Bonchev–Trinajstić information content (AvgIpc) is 2.71. The second-order valence-corrected chi connectivity index (χ2v) is 5.64. The molecule has 0 aliphatic rings. The van der Waals surface area contributed by atoms with Gasteiger partial charge in [0.05, 0.1) is 21.3 Å². The molecular weight excluding hydrogens is 350 g/mol. The fraction of sp³-hybridized carbons (Fsp3) is 0.263. The summed E-state index contributed by atoms with van der Waals surface area (Å²) in [4.78, 5) is 24.8. The van der Waals surface area contributed by atoms with Crippen LogP contribution in [0.5, 0.6) is 17.2 Å². The maximum atomic E-state index is 12.7. The molecule has 0 aliphatic carbocycles. The normalized spacial score (nSPS) is 11.3. The van der Waals surface area contributed by atoms with Gasteiger partial charge in [-0.1, -0.05) is 30.3 Å². The van der Waals surface area contributed by atoms with Gasteiger partial charge in [-0.2, -0.15) is 0 Å². The predicted molar refractivity (Wildman–Crippen MR) is 99.8 cm³/mol. The Hall–Kier alpha value is -3.26. The Labute approximate surface area is 157 Å². The molecule has 0 aromatic heterocycles. The molecule has 144 valence electrons. The zero-order valence-electron chi connectivity index (χ0n) is 15.4. The van der Waals surface area contributed by atoms with Gasteiger partial charge >= 0.3 is 0 Å². The number of nitrogens with one attached hydrogen (secondary N) is 2. The monoisotopic (exact) mass is 373 g/mol. The predicted octanol–water partition coefficient (Wildman–Crippen LogP) is 1.04. The summed E-state index contributed by atoms with van der Waals surface area (Å²) in [7, 11) is 4.39. The van der Waals surface area contributed by atoms with Crippen molar-refractivity contribution in [1.29, 1.82) is 0 Å². The Bertz CT molecular complexity index is 770. The van der Waals surface area contributed by atoms with Crippen molar-refractivity contribution in [1.82, 2.24) is 10.7 Å². The quantitative estimate of drug-likeness (QED) is 0.362. The molecule has 0 heterocycles. The smallest absolute Gasteiger partial charge is 0.256 e. The minimum Gasteiger partial charge on any atom is -0.493 e. The van der Waals surface area contributed by atoms with Gasteiger partial charge in [-0.15, -0.1) is 0 Å². The maximum Gasteiger partial charge on any atom is 0.256 e. The molecule has 0 radical (unpaired) electrons. The summed E-state index contributed by atoms with van der Waals surface area (Å²) in [6.07, 6.45) is 0.292. The third kappa shape index (κ3) is 4.89. The van der Waals surface area contributed by atoms with E-state index in [9.17, 15) is 9.59 Å². The Morgan fingerprint density at radius 2 is 1.59 bits per heavy atom. The topological polar surface area (TPSA) is 112 Å². The molecule has 0 fully saturated rings. The van der Waals surface area contributed by atoms with Crippen LogP contribution < -0.4 is 30.8 Å². The molecule has 4 N–H and O–H groups in total. The lowest BCUT2D eigenvalue weighted by Gasteiger charge is -2.18. The third-order valence-electron chi connectivity index (χ3n) is 3.97. The Balaban J connectivity index is 2.27. The summed E-state index contributed by atoms with van der Waals surface area (Å²) in [6.45, 7) is 0. The van der Waals surface area contributed by atoms with Crippen molar-refractivity contribution in [3.05, 3.63) is 53.6 Å². The molecule has 8 heteroatoms. The SMILES string of the molecule is COc1cc(C(=O)N[C@@H](Cc2ccccc2)C(=O)NN)cc(OC)c1OC. The van der Waals surface area contributed by atoms with E-state index < -0.39 is 17.9 Å². The first-order chi connectivity index (χ1) is 13.0. The molecule has 0 unspecified atom stereocenters. The molecule has 8 nitrogen and oxygen atoms in total. The standard InChI is InChI=1S/C19H23N3O5/c1-25-15-10-13(11-16(26-2)17(15)27-3)18(23)21-14(19(24)22-20)9-12-7-5-4-6-8-12/h4-8,10-11,14H,9,20H2,1-3H3,(H,21,23)(H,22,24)/t14-/m0/s1. The van der Waals surface area contributed by atoms with E-state index >= 15 is 0 Å². The first kappa shape index (κ1) is 20.1. The number of amides is 2. The molecular formula is C19H23N3O5. The van der Waals surface area contributed by atoms with Gasteiger partial charge in [-0.05, 0) is 17.7 Å². The highest BCUT2D eigenvalue weighted by Gasteiger charge is 2.23. The number of ether oxygens (including phenoxy) is 3. The molecule has 2 aromatic carbocycles. The van der Waals surface area contributed by atoms with Crippen molar-refractivity contribution in [3.8, 4) is 17.2 Å². The Morgan fingerprint density at radius 3 is 2.07 bits per heavy atom. The average molecular weight is 373 g/mol. The molecule has 27 heavy (non-hydrogen) atoms. The van der Waals surface area contributed by atoms with Crippen molar-refractivity contribution >= 4 is 11.8 Å². The van der Waals surface area contributed by atoms with Gasteiger partial charge in [0.1, 0.15) is 6.04 Å². The first-order valence-electron chi connectivity index (χ1n) is 8.19. The lowest BCUT2D eigenvalue weighted by atomic mass is 10.0. The van der Waals surface area contributed by atoms with E-state index in [-0.39, 0.29) is 5.56 Å². The maximum absolute atomic E-state index is 12.7. The van der Waals surface area contributed by atoms with Gasteiger partial charge in [-0.3, -0.25) is 15.0 Å². The van der Waals surface area contributed by atoms with E-state index in [1.54, 1.807) is 0 Å². The van der Waals surface area contributed by atoms with E-state index in [0.717, 1.165) is 5.56 Å². The third-order valence-corrected chi connectivity index (χ3v) is 3.97. The number of carbonyl (C=O) groups excluding carboxylic acids is 2. The largest absolute Gasteiger partial charge is 0.493 e. The number of carbonyl (C=O) groups is 2. The number of rotatable bonds is 8. The summed E-state index contributed by atoms with van der Waals surface area (Å²) >= 11 is 0. The van der Waals surface area contributed by atoms with Crippen LogP contribution in [0.4, 0.5) is 0 Å².